The molecule has 0 radical (unpaired) electrons. The van der Waals surface area contributed by atoms with Crippen molar-refractivity contribution in [3.63, 3.8) is 0 Å². The van der Waals surface area contributed by atoms with E-state index in [4.69, 9.17) is 0 Å². The van der Waals surface area contributed by atoms with Crippen molar-refractivity contribution >= 4 is 25.1 Å². The van der Waals surface area contributed by atoms with E-state index in [1.54, 1.807) is 5.98 Å². The zero-order chi connectivity index (χ0) is 12.7. The zero-order valence-corrected chi connectivity index (χ0v) is 9.53. The van der Waals surface area contributed by atoms with Gasteiger partial charge in [-0.1, -0.05) is 0 Å². The molecule has 0 aromatic rings. The van der Waals surface area contributed by atoms with Crippen molar-refractivity contribution in [2.75, 3.05) is 6.54 Å². The fourth-order valence-corrected chi connectivity index (χ4v) is 1.49. The summed E-state index contributed by atoms with van der Waals surface area (Å²) < 4.78 is 4.33. The highest BCUT2D eigenvalue weighted by atomic mass is 16.6. The number of ether oxygens (including phenoxy) is 1. The van der Waals surface area contributed by atoms with Crippen molar-refractivity contribution in [1.29, 1.82) is 0 Å². The van der Waals surface area contributed by atoms with Crippen molar-refractivity contribution in [1.82, 2.24) is 10.6 Å². The Kier molecular flexibility index (Phi) is 5.25. The van der Waals surface area contributed by atoms with Crippen molar-refractivity contribution in [2.24, 2.45) is 0 Å². The fraction of sp³-hybridized carbons (Fsp3) is 0.500. The molecule has 2 amide bonds. The summed E-state index contributed by atoms with van der Waals surface area (Å²) in [5, 5.41) is 5.13. The Bertz CT molecular complexity index is 332. The Morgan fingerprint density at radius 3 is 2.88 bits per heavy atom. The summed E-state index contributed by atoms with van der Waals surface area (Å²) in [5.41, 5.74) is 0. The molecule has 1 heterocycles. The molecule has 1 saturated heterocycles. The second kappa shape index (κ2) is 6.72. The summed E-state index contributed by atoms with van der Waals surface area (Å²) in [6.45, 7) is 4.02. The third-order valence-corrected chi connectivity index (χ3v) is 2.34. The van der Waals surface area contributed by atoms with Gasteiger partial charge in [-0.05, 0) is 19.3 Å². The molecule has 0 unspecified atom stereocenters. The van der Waals surface area contributed by atoms with E-state index in [0.717, 1.165) is 12.8 Å². The van der Waals surface area contributed by atoms with Gasteiger partial charge in [0.2, 0.25) is 0 Å². The van der Waals surface area contributed by atoms with Gasteiger partial charge in [0.05, 0.1) is 0 Å². The van der Waals surface area contributed by atoms with Gasteiger partial charge in [0, 0.05) is 6.54 Å². The number of alkyl carbamates (subject to hydrolysis) is 1. The van der Waals surface area contributed by atoms with E-state index in [9.17, 15) is 14.4 Å². The Balaban J connectivity index is 2.04. The van der Waals surface area contributed by atoms with E-state index in [2.05, 4.69) is 21.9 Å². The second-order valence-electron chi connectivity index (χ2n) is 3.74. The fourth-order valence-electron chi connectivity index (χ4n) is 1.49. The van der Waals surface area contributed by atoms with Crippen molar-refractivity contribution in [3.05, 3.63) is 12.6 Å². The van der Waals surface area contributed by atoms with Crippen LogP contribution in [0.4, 0.5) is 9.59 Å². The van der Waals surface area contributed by atoms with Crippen LogP contribution in [-0.4, -0.2) is 37.7 Å². The summed E-state index contributed by atoms with van der Waals surface area (Å²) in [6.07, 6.45) is 1.33. The first-order valence-electron chi connectivity index (χ1n) is 5.53. The number of esters is 1. The van der Waals surface area contributed by atoms with Crippen molar-refractivity contribution in [3.8, 4) is 0 Å². The van der Waals surface area contributed by atoms with Crippen LogP contribution in [0.1, 0.15) is 19.3 Å². The Labute approximate surface area is 100 Å². The van der Waals surface area contributed by atoms with Gasteiger partial charge in [-0.2, -0.15) is 0 Å². The lowest BCUT2D eigenvalue weighted by atomic mass is 9.78. The molecule has 0 aromatic carbocycles. The number of unbranched alkanes of at least 4 members (excludes halogenated alkanes) is 1. The second-order valence-corrected chi connectivity index (χ2v) is 3.74. The third kappa shape index (κ3) is 4.71. The largest absolute Gasteiger partial charge is 0.415 e. The Hall–Kier alpha value is -1.79. The number of carbonyl (C=O) groups excluding carboxylic acids is 3. The molecule has 92 valence electrons. The van der Waals surface area contributed by atoms with E-state index in [-0.39, 0.29) is 5.81 Å². The molecule has 0 aromatic heterocycles. The van der Waals surface area contributed by atoms with Gasteiger partial charge in [0.25, 0.3) is 7.28 Å². The SMILES string of the molecule is C=CBC(=O)NCCCC[C@@H]1NC(=O)OC1=O. The van der Waals surface area contributed by atoms with E-state index in [1.165, 1.54) is 0 Å². The molecular weight excluding hydrogens is 223 g/mol. The molecule has 6 nitrogen and oxygen atoms in total. The topological polar surface area (TPSA) is 84.5 Å². The Morgan fingerprint density at radius 2 is 2.29 bits per heavy atom. The maximum absolute atomic E-state index is 11.1. The number of hydrogen-bond acceptors (Lipinski definition) is 4. The summed E-state index contributed by atoms with van der Waals surface area (Å²) in [6, 6.07) is -0.536. The standard InChI is InChI=1S/C10H15BN2O4/c1-2-11-9(15)12-6-4-3-5-7-8(14)17-10(16)13-7/h2,7,11H,1,3-6H2,(H,12,15)(H,13,16)/t7-/m0/s1. The summed E-state index contributed by atoms with van der Waals surface area (Å²) in [5.74, 6) is 0.957. The molecule has 7 heteroatoms. The normalized spacial score (nSPS) is 18.2. The third-order valence-electron chi connectivity index (χ3n) is 2.34. The molecule has 1 aliphatic heterocycles. The van der Waals surface area contributed by atoms with Gasteiger partial charge in [-0.25, -0.2) is 9.59 Å². The van der Waals surface area contributed by atoms with Crippen LogP contribution in [0, 0.1) is 0 Å². The van der Waals surface area contributed by atoms with Crippen LogP contribution in [0.2, 0.25) is 0 Å². The van der Waals surface area contributed by atoms with Gasteiger partial charge in [-0.3, -0.25) is 4.79 Å². The molecule has 1 aliphatic rings. The quantitative estimate of drug-likeness (QED) is 0.284. The average molecular weight is 238 g/mol. The summed E-state index contributed by atoms with van der Waals surface area (Å²) in [7, 11) is 0.311. The molecule has 0 saturated carbocycles. The predicted octanol–water partition coefficient (Wildman–Crippen LogP) is 0.0813. The van der Waals surface area contributed by atoms with Crippen LogP contribution in [0.15, 0.2) is 12.6 Å². The van der Waals surface area contributed by atoms with Crippen LogP contribution < -0.4 is 10.6 Å². The number of rotatable bonds is 7. The smallest absolute Gasteiger partial charge is 0.375 e. The molecule has 1 fully saturated rings. The number of carbonyl (C=O) groups is 3. The lowest BCUT2D eigenvalue weighted by Gasteiger charge is -2.06. The van der Waals surface area contributed by atoms with E-state index < -0.39 is 18.1 Å². The van der Waals surface area contributed by atoms with Crippen molar-refractivity contribution < 1.29 is 19.1 Å². The number of amides is 2. The van der Waals surface area contributed by atoms with Crippen LogP contribution in [0.3, 0.4) is 0 Å². The zero-order valence-electron chi connectivity index (χ0n) is 9.53. The highest BCUT2D eigenvalue weighted by molar-refractivity contribution is 6.77. The van der Waals surface area contributed by atoms with E-state index >= 15 is 0 Å². The van der Waals surface area contributed by atoms with Crippen molar-refractivity contribution in [2.45, 2.75) is 25.3 Å². The molecule has 0 aliphatic carbocycles. The first-order valence-corrected chi connectivity index (χ1v) is 5.53. The van der Waals surface area contributed by atoms with Crippen LogP contribution >= 0.6 is 0 Å². The molecule has 1 atom stereocenters. The molecular formula is C10H15BN2O4. The first kappa shape index (κ1) is 13.3. The highest BCUT2D eigenvalue weighted by Gasteiger charge is 2.31. The predicted molar refractivity (Wildman–Crippen MR) is 63.0 cm³/mol. The minimum atomic E-state index is -0.681. The number of hydrogen-bond donors (Lipinski definition) is 2. The maximum Gasteiger partial charge on any atom is 0.415 e. The lowest BCUT2D eigenvalue weighted by molar-refractivity contribution is -0.135. The van der Waals surface area contributed by atoms with Crippen LogP contribution in [0.25, 0.3) is 0 Å². The molecule has 17 heavy (non-hydrogen) atoms. The van der Waals surface area contributed by atoms with E-state index in [1.807, 2.05) is 0 Å². The summed E-state index contributed by atoms with van der Waals surface area (Å²) in [4.78, 5) is 32.8. The van der Waals surface area contributed by atoms with Gasteiger partial charge in [-0.15, -0.1) is 12.6 Å². The van der Waals surface area contributed by atoms with E-state index in [0.29, 0.717) is 20.2 Å². The first-order chi connectivity index (χ1) is 8.13. The van der Waals surface area contributed by atoms with Gasteiger partial charge < -0.3 is 15.4 Å². The summed E-state index contributed by atoms with van der Waals surface area (Å²) >= 11 is 0. The van der Waals surface area contributed by atoms with Gasteiger partial charge >= 0.3 is 12.1 Å². The number of cyclic esters (lactones) is 2. The minimum absolute atomic E-state index is 0.0615. The molecule has 2 N–H and O–H groups in total. The van der Waals surface area contributed by atoms with Gasteiger partial charge in [0.1, 0.15) is 6.04 Å². The molecule has 0 spiro atoms. The average Bonchev–Trinajstić information content (AvgIpc) is 2.57. The number of nitrogens with one attached hydrogen (secondary N) is 2. The maximum atomic E-state index is 11.1. The molecule has 1 rings (SSSR count). The Morgan fingerprint density at radius 1 is 1.53 bits per heavy atom. The van der Waals surface area contributed by atoms with Gasteiger partial charge in [0.15, 0.2) is 5.81 Å². The van der Waals surface area contributed by atoms with Crippen LogP contribution in [0.5, 0.6) is 0 Å². The monoisotopic (exact) mass is 238 g/mol. The van der Waals surface area contributed by atoms with Crippen LogP contribution in [-0.2, 0) is 9.53 Å². The highest BCUT2D eigenvalue weighted by Crippen LogP contribution is 2.08. The lowest BCUT2D eigenvalue weighted by Crippen LogP contribution is -2.29. The molecule has 0 bridgehead atoms. The minimum Gasteiger partial charge on any atom is -0.375 e.